The zero-order valence-corrected chi connectivity index (χ0v) is 11.6. The van der Waals surface area contributed by atoms with Crippen LogP contribution in [0.4, 0.5) is 4.39 Å². The van der Waals surface area contributed by atoms with Gasteiger partial charge in [-0.15, -0.1) is 0 Å². The Bertz CT molecular complexity index is 476. The molecule has 1 aliphatic rings. The first kappa shape index (κ1) is 13.5. The molecule has 1 saturated carbocycles. The van der Waals surface area contributed by atoms with Crippen LogP contribution in [0.25, 0.3) is 0 Å². The van der Waals surface area contributed by atoms with Crippen molar-refractivity contribution in [3.8, 4) is 0 Å². The predicted octanol–water partition coefficient (Wildman–Crippen LogP) is 2.48. The minimum atomic E-state index is -0.656. The molecule has 0 aliphatic heterocycles. The molecule has 1 atom stereocenters. The average molecular weight is 316 g/mol. The second-order valence-corrected chi connectivity index (χ2v) is 5.84. The van der Waals surface area contributed by atoms with Crippen molar-refractivity contribution in [2.75, 3.05) is 6.61 Å². The van der Waals surface area contributed by atoms with Crippen LogP contribution < -0.4 is 5.32 Å². The number of aliphatic hydroxyl groups excluding tert-OH is 1. The summed E-state index contributed by atoms with van der Waals surface area (Å²) in [6.45, 7) is 1.65. The quantitative estimate of drug-likeness (QED) is 0.896. The standard InChI is InChI=1S/C13H15BrFNO2/c1-13(7-17,8-2-3-8)16-12(18)10-5-4-9(14)6-11(10)15/h4-6,8,17H,2-3,7H2,1H3,(H,16,18). The van der Waals surface area contributed by atoms with E-state index in [1.54, 1.807) is 13.0 Å². The van der Waals surface area contributed by atoms with Gasteiger partial charge in [0.2, 0.25) is 0 Å². The Morgan fingerprint density at radius 2 is 2.28 bits per heavy atom. The molecule has 1 aromatic carbocycles. The second kappa shape index (κ2) is 4.97. The number of rotatable bonds is 4. The summed E-state index contributed by atoms with van der Waals surface area (Å²) in [5.41, 5.74) is -0.658. The molecule has 1 aromatic rings. The normalized spacial score (nSPS) is 18.2. The molecule has 2 N–H and O–H groups in total. The highest BCUT2D eigenvalue weighted by atomic mass is 79.9. The van der Waals surface area contributed by atoms with Crippen LogP contribution >= 0.6 is 15.9 Å². The number of hydrogen-bond donors (Lipinski definition) is 2. The Morgan fingerprint density at radius 3 is 2.78 bits per heavy atom. The molecule has 1 fully saturated rings. The molecule has 0 heterocycles. The zero-order chi connectivity index (χ0) is 13.3. The Morgan fingerprint density at radius 1 is 1.61 bits per heavy atom. The Labute approximate surface area is 114 Å². The number of benzene rings is 1. The predicted molar refractivity (Wildman–Crippen MR) is 69.8 cm³/mol. The molecule has 0 radical (unpaired) electrons. The van der Waals surface area contributed by atoms with Gasteiger partial charge in [0, 0.05) is 4.47 Å². The molecule has 0 spiro atoms. The Hall–Kier alpha value is -0.940. The summed E-state index contributed by atoms with van der Waals surface area (Å²) in [6, 6.07) is 4.30. The maximum Gasteiger partial charge on any atom is 0.254 e. The van der Waals surface area contributed by atoms with E-state index in [1.807, 2.05) is 0 Å². The minimum Gasteiger partial charge on any atom is -0.394 e. The summed E-state index contributed by atoms with van der Waals surface area (Å²) < 4.78 is 14.2. The lowest BCUT2D eigenvalue weighted by molar-refractivity contribution is 0.0820. The van der Waals surface area contributed by atoms with Crippen LogP contribution in [0.1, 0.15) is 30.1 Å². The van der Waals surface area contributed by atoms with Gasteiger partial charge in [-0.1, -0.05) is 15.9 Å². The minimum absolute atomic E-state index is 0.00137. The molecule has 0 saturated heterocycles. The highest BCUT2D eigenvalue weighted by Crippen LogP contribution is 2.39. The van der Waals surface area contributed by atoms with Crippen molar-refractivity contribution >= 4 is 21.8 Å². The van der Waals surface area contributed by atoms with Crippen LogP contribution in [0.15, 0.2) is 22.7 Å². The van der Waals surface area contributed by atoms with E-state index >= 15 is 0 Å². The Balaban J connectivity index is 2.16. The van der Waals surface area contributed by atoms with Gasteiger partial charge in [-0.25, -0.2) is 4.39 Å². The number of carbonyl (C=O) groups is 1. The average Bonchev–Trinajstić information content (AvgIpc) is 3.12. The van der Waals surface area contributed by atoms with E-state index < -0.39 is 17.3 Å². The second-order valence-electron chi connectivity index (χ2n) is 4.93. The van der Waals surface area contributed by atoms with Crippen LogP contribution in [-0.2, 0) is 0 Å². The molecule has 0 aromatic heterocycles. The third-order valence-electron chi connectivity index (χ3n) is 3.38. The molecule has 3 nitrogen and oxygen atoms in total. The molecule has 5 heteroatoms. The van der Waals surface area contributed by atoms with Crippen molar-refractivity contribution in [1.29, 1.82) is 0 Å². The van der Waals surface area contributed by atoms with Gasteiger partial charge < -0.3 is 10.4 Å². The van der Waals surface area contributed by atoms with E-state index in [0.29, 0.717) is 4.47 Å². The molecular weight excluding hydrogens is 301 g/mol. The van der Waals surface area contributed by atoms with Crippen LogP contribution in [0, 0.1) is 11.7 Å². The molecule has 18 heavy (non-hydrogen) atoms. The lowest BCUT2D eigenvalue weighted by atomic mass is 9.96. The van der Waals surface area contributed by atoms with E-state index in [9.17, 15) is 14.3 Å². The van der Waals surface area contributed by atoms with E-state index in [-0.39, 0.29) is 18.1 Å². The molecule has 1 unspecified atom stereocenters. The number of carbonyl (C=O) groups excluding carboxylic acids is 1. The van der Waals surface area contributed by atoms with Gasteiger partial charge in [0.25, 0.3) is 5.91 Å². The van der Waals surface area contributed by atoms with Gasteiger partial charge in [0.15, 0.2) is 0 Å². The summed E-state index contributed by atoms with van der Waals surface area (Å²) in [6.07, 6.45) is 1.97. The Kier molecular flexibility index (Phi) is 3.73. The fourth-order valence-corrected chi connectivity index (χ4v) is 2.32. The van der Waals surface area contributed by atoms with E-state index in [2.05, 4.69) is 21.2 Å². The van der Waals surface area contributed by atoms with Gasteiger partial charge in [-0.05, 0) is 43.9 Å². The molecule has 0 bridgehead atoms. The molecular formula is C13H15BrFNO2. The van der Waals surface area contributed by atoms with Gasteiger partial charge in [0.1, 0.15) is 5.82 Å². The molecule has 1 amide bonds. The largest absolute Gasteiger partial charge is 0.394 e. The number of halogens is 2. The van der Waals surface area contributed by atoms with Crippen LogP contribution in [0.2, 0.25) is 0 Å². The van der Waals surface area contributed by atoms with E-state index in [4.69, 9.17) is 0 Å². The highest BCUT2D eigenvalue weighted by molar-refractivity contribution is 9.10. The fourth-order valence-electron chi connectivity index (χ4n) is 1.99. The summed E-state index contributed by atoms with van der Waals surface area (Å²) in [5, 5.41) is 12.1. The van der Waals surface area contributed by atoms with Crippen molar-refractivity contribution in [2.24, 2.45) is 5.92 Å². The molecule has 1 aliphatic carbocycles. The summed E-state index contributed by atoms with van der Waals surface area (Å²) >= 11 is 3.14. The van der Waals surface area contributed by atoms with Crippen molar-refractivity contribution in [3.05, 3.63) is 34.1 Å². The molecule has 2 rings (SSSR count). The monoisotopic (exact) mass is 315 g/mol. The number of aliphatic hydroxyl groups is 1. The number of nitrogens with one attached hydrogen (secondary N) is 1. The van der Waals surface area contributed by atoms with Crippen molar-refractivity contribution < 1.29 is 14.3 Å². The summed E-state index contributed by atoms with van der Waals surface area (Å²) in [7, 11) is 0. The molecule has 98 valence electrons. The SMILES string of the molecule is CC(CO)(NC(=O)c1ccc(Br)cc1F)C1CC1. The van der Waals surface area contributed by atoms with Crippen LogP contribution in [0.3, 0.4) is 0 Å². The van der Waals surface area contributed by atoms with Crippen molar-refractivity contribution in [2.45, 2.75) is 25.3 Å². The van der Waals surface area contributed by atoms with Crippen molar-refractivity contribution in [1.82, 2.24) is 5.32 Å². The summed E-state index contributed by atoms with van der Waals surface area (Å²) in [4.78, 5) is 12.0. The lowest BCUT2D eigenvalue weighted by Gasteiger charge is -2.28. The van der Waals surface area contributed by atoms with E-state index in [0.717, 1.165) is 12.8 Å². The lowest BCUT2D eigenvalue weighted by Crippen LogP contribution is -2.50. The smallest absolute Gasteiger partial charge is 0.254 e. The maximum absolute atomic E-state index is 13.6. The number of amides is 1. The summed E-state index contributed by atoms with van der Waals surface area (Å²) in [5.74, 6) is -0.772. The van der Waals surface area contributed by atoms with Gasteiger partial charge >= 0.3 is 0 Å². The van der Waals surface area contributed by atoms with Crippen molar-refractivity contribution in [3.63, 3.8) is 0 Å². The first-order valence-electron chi connectivity index (χ1n) is 5.85. The van der Waals surface area contributed by atoms with Gasteiger partial charge in [0.05, 0.1) is 17.7 Å². The van der Waals surface area contributed by atoms with E-state index in [1.165, 1.54) is 12.1 Å². The van der Waals surface area contributed by atoms with Gasteiger partial charge in [-0.2, -0.15) is 0 Å². The van der Waals surface area contributed by atoms with Crippen LogP contribution in [-0.4, -0.2) is 23.2 Å². The third-order valence-corrected chi connectivity index (χ3v) is 3.87. The van der Waals surface area contributed by atoms with Gasteiger partial charge in [-0.3, -0.25) is 4.79 Å². The first-order chi connectivity index (χ1) is 8.46. The first-order valence-corrected chi connectivity index (χ1v) is 6.64. The zero-order valence-electron chi connectivity index (χ0n) is 10.0. The third kappa shape index (κ3) is 2.72. The topological polar surface area (TPSA) is 49.3 Å². The fraction of sp³-hybridized carbons (Fsp3) is 0.462. The van der Waals surface area contributed by atoms with Crippen LogP contribution in [0.5, 0.6) is 0 Å². The maximum atomic E-state index is 13.6. The number of hydrogen-bond acceptors (Lipinski definition) is 2. The highest BCUT2D eigenvalue weighted by Gasteiger charge is 2.42.